The maximum Gasteiger partial charge on any atom is 0.222 e. The number of hydrogen-bond acceptors (Lipinski definition) is 5. The number of hydrogen-bond donors (Lipinski definition) is 2. The highest BCUT2D eigenvalue weighted by atomic mass is 16.5. The van der Waals surface area contributed by atoms with E-state index in [2.05, 4.69) is 22.1 Å². The van der Waals surface area contributed by atoms with Crippen LogP contribution in [-0.2, 0) is 16.1 Å². The number of rotatable bonds is 7. The number of carbonyl (C=O) groups is 1. The molecular weight excluding hydrogens is 292 g/mol. The quantitative estimate of drug-likeness (QED) is 0.791. The number of nitrogens with two attached hydrogens (primary N) is 1. The van der Waals surface area contributed by atoms with E-state index in [1.807, 2.05) is 18.3 Å². The smallest absolute Gasteiger partial charge is 0.222 e. The number of nitrogens with one attached hydrogen (secondary N) is 1. The van der Waals surface area contributed by atoms with Gasteiger partial charge in [-0.15, -0.1) is 0 Å². The molecule has 23 heavy (non-hydrogen) atoms. The van der Waals surface area contributed by atoms with Crippen LogP contribution in [0.5, 0.6) is 0 Å². The molecule has 1 amide bonds. The topological polar surface area (TPSA) is 80.5 Å². The molecule has 0 spiro atoms. The normalized spacial score (nSPS) is 17.1. The molecule has 1 unspecified atom stereocenters. The van der Waals surface area contributed by atoms with Gasteiger partial charge < -0.3 is 20.7 Å². The van der Waals surface area contributed by atoms with E-state index in [4.69, 9.17) is 10.5 Å². The van der Waals surface area contributed by atoms with Gasteiger partial charge in [0.05, 0.1) is 12.5 Å². The molecule has 0 saturated carbocycles. The van der Waals surface area contributed by atoms with Gasteiger partial charge in [0.2, 0.25) is 5.91 Å². The van der Waals surface area contributed by atoms with Gasteiger partial charge in [0.1, 0.15) is 5.82 Å². The molecular formula is C17H28N4O2. The predicted molar refractivity (Wildman–Crippen MR) is 91.2 cm³/mol. The summed E-state index contributed by atoms with van der Waals surface area (Å²) in [6.45, 7) is 5.26. The van der Waals surface area contributed by atoms with Gasteiger partial charge in [0.15, 0.2) is 0 Å². The number of anilines is 1. The van der Waals surface area contributed by atoms with Crippen LogP contribution in [0.2, 0.25) is 0 Å². The van der Waals surface area contributed by atoms with Crippen LogP contribution < -0.4 is 16.0 Å². The van der Waals surface area contributed by atoms with Gasteiger partial charge in [-0.3, -0.25) is 4.79 Å². The molecule has 128 valence electrons. The third kappa shape index (κ3) is 5.48. The third-order valence-electron chi connectivity index (χ3n) is 4.42. The largest absolute Gasteiger partial charge is 0.380 e. The Labute approximate surface area is 138 Å². The van der Waals surface area contributed by atoms with Crippen LogP contribution in [0.25, 0.3) is 0 Å². The molecule has 6 heteroatoms. The number of piperidine rings is 1. The van der Waals surface area contributed by atoms with E-state index in [0.29, 0.717) is 13.1 Å². The molecule has 1 saturated heterocycles. The van der Waals surface area contributed by atoms with Crippen LogP contribution in [0.15, 0.2) is 18.3 Å². The van der Waals surface area contributed by atoms with Crippen LogP contribution in [0.3, 0.4) is 0 Å². The van der Waals surface area contributed by atoms with Gasteiger partial charge in [-0.05, 0) is 30.4 Å². The van der Waals surface area contributed by atoms with Crippen molar-refractivity contribution in [2.75, 3.05) is 31.6 Å². The van der Waals surface area contributed by atoms with E-state index in [0.717, 1.165) is 30.4 Å². The summed E-state index contributed by atoms with van der Waals surface area (Å²) >= 11 is 0. The third-order valence-corrected chi connectivity index (χ3v) is 4.42. The molecule has 1 aromatic heterocycles. The lowest BCUT2D eigenvalue weighted by Crippen LogP contribution is -2.33. The molecule has 0 radical (unpaired) electrons. The van der Waals surface area contributed by atoms with Gasteiger partial charge in [0.25, 0.3) is 0 Å². The maximum absolute atomic E-state index is 11.8. The summed E-state index contributed by atoms with van der Waals surface area (Å²) in [5.41, 5.74) is 6.51. The fourth-order valence-electron chi connectivity index (χ4n) is 2.69. The van der Waals surface area contributed by atoms with E-state index in [1.165, 1.54) is 12.8 Å². The van der Waals surface area contributed by atoms with Crippen molar-refractivity contribution in [3.05, 3.63) is 23.9 Å². The van der Waals surface area contributed by atoms with E-state index >= 15 is 0 Å². The van der Waals surface area contributed by atoms with E-state index in [-0.39, 0.29) is 18.4 Å². The summed E-state index contributed by atoms with van der Waals surface area (Å²) in [6.07, 6.45) is 4.34. The first-order valence-electron chi connectivity index (χ1n) is 8.31. The maximum atomic E-state index is 11.8. The van der Waals surface area contributed by atoms with Crippen LogP contribution in [0, 0.1) is 5.92 Å². The van der Waals surface area contributed by atoms with Crippen molar-refractivity contribution in [3.63, 3.8) is 0 Å². The molecule has 1 aromatic rings. The number of methoxy groups -OCH3 is 1. The molecule has 1 aliphatic heterocycles. The van der Waals surface area contributed by atoms with Crippen molar-refractivity contribution in [2.45, 2.75) is 38.8 Å². The summed E-state index contributed by atoms with van der Waals surface area (Å²) in [4.78, 5) is 18.7. The first kappa shape index (κ1) is 17.7. The van der Waals surface area contributed by atoms with E-state index < -0.39 is 0 Å². The Bertz CT molecular complexity index is 480. The van der Waals surface area contributed by atoms with Crippen LogP contribution >= 0.6 is 0 Å². The zero-order chi connectivity index (χ0) is 16.7. The summed E-state index contributed by atoms with van der Waals surface area (Å²) in [7, 11) is 1.56. The highest BCUT2D eigenvalue weighted by Crippen LogP contribution is 2.21. The number of nitrogens with zero attached hydrogens (tertiary/aromatic N) is 2. The second-order valence-corrected chi connectivity index (χ2v) is 6.27. The average molecular weight is 320 g/mol. The molecule has 1 atom stereocenters. The molecule has 6 nitrogen and oxygen atoms in total. The standard InChI is InChI=1S/C17H28N4O2/c1-13-5-7-21(8-6-13)16-4-3-14(11-19-16)12-20-17(22)9-15(10-18)23-2/h3-4,11,13,15H,5-10,12,18H2,1-2H3,(H,20,22). The second kappa shape index (κ2) is 8.84. The zero-order valence-electron chi connectivity index (χ0n) is 14.1. The minimum Gasteiger partial charge on any atom is -0.380 e. The lowest BCUT2D eigenvalue weighted by molar-refractivity contribution is -0.123. The Morgan fingerprint density at radius 1 is 1.48 bits per heavy atom. The fourth-order valence-corrected chi connectivity index (χ4v) is 2.69. The van der Waals surface area contributed by atoms with Gasteiger partial charge >= 0.3 is 0 Å². The van der Waals surface area contributed by atoms with Crippen molar-refractivity contribution < 1.29 is 9.53 Å². The second-order valence-electron chi connectivity index (χ2n) is 6.27. The number of ether oxygens (including phenoxy) is 1. The van der Waals surface area contributed by atoms with Gasteiger partial charge in [-0.1, -0.05) is 13.0 Å². The number of aromatic nitrogens is 1. The Morgan fingerprint density at radius 2 is 2.22 bits per heavy atom. The minimum atomic E-state index is -0.225. The van der Waals surface area contributed by atoms with E-state index in [1.54, 1.807) is 7.11 Å². The Hall–Kier alpha value is -1.66. The van der Waals surface area contributed by atoms with Crippen molar-refractivity contribution >= 4 is 11.7 Å². The molecule has 0 aliphatic carbocycles. The predicted octanol–water partition coefficient (Wildman–Crippen LogP) is 1.30. The minimum absolute atomic E-state index is 0.0589. The highest BCUT2D eigenvalue weighted by Gasteiger charge is 2.16. The van der Waals surface area contributed by atoms with Crippen LogP contribution in [0.4, 0.5) is 5.82 Å². The van der Waals surface area contributed by atoms with Crippen molar-refractivity contribution in [2.24, 2.45) is 11.7 Å². The molecule has 1 fully saturated rings. The van der Waals surface area contributed by atoms with Gasteiger partial charge in [-0.25, -0.2) is 4.98 Å². The molecule has 3 N–H and O–H groups in total. The zero-order valence-corrected chi connectivity index (χ0v) is 14.1. The summed E-state index contributed by atoms with van der Waals surface area (Å²) in [5, 5.41) is 2.87. The van der Waals surface area contributed by atoms with Crippen molar-refractivity contribution in [3.8, 4) is 0 Å². The lowest BCUT2D eigenvalue weighted by Gasteiger charge is -2.31. The number of amides is 1. The van der Waals surface area contributed by atoms with Gasteiger partial charge in [0, 0.05) is 39.5 Å². The molecule has 2 rings (SSSR count). The lowest BCUT2D eigenvalue weighted by atomic mass is 9.99. The van der Waals surface area contributed by atoms with Crippen molar-refractivity contribution in [1.29, 1.82) is 0 Å². The van der Waals surface area contributed by atoms with Crippen LogP contribution in [0.1, 0.15) is 31.7 Å². The monoisotopic (exact) mass is 320 g/mol. The SMILES string of the molecule is COC(CN)CC(=O)NCc1ccc(N2CCC(C)CC2)nc1. The van der Waals surface area contributed by atoms with E-state index in [9.17, 15) is 4.79 Å². The molecule has 2 heterocycles. The Morgan fingerprint density at radius 3 is 2.78 bits per heavy atom. The Kier molecular flexibility index (Phi) is 6.80. The van der Waals surface area contributed by atoms with Gasteiger partial charge in [-0.2, -0.15) is 0 Å². The first-order valence-corrected chi connectivity index (χ1v) is 8.31. The van der Waals surface area contributed by atoms with Crippen molar-refractivity contribution in [1.82, 2.24) is 10.3 Å². The highest BCUT2D eigenvalue weighted by molar-refractivity contribution is 5.76. The fraction of sp³-hybridized carbons (Fsp3) is 0.647. The van der Waals surface area contributed by atoms with Crippen LogP contribution in [-0.4, -0.2) is 43.7 Å². The first-order chi connectivity index (χ1) is 11.1. The molecule has 0 aromatic carbocycles. The molecule has 1 aliphatic rings. The number of pyridine rings is 1. The molecule has 0 bridgehead atoms. The number of carbonyl (C=O) groups excluding carboxylic acids is 1. The average Bonchev–Trinajstić information content (AvgIpc) is 2.59. The Balaban J connectivity index is 1.80. The summed E-state index contributed by atoms with van der Waals surface area (Å²) in [6, 6.07) is 4.06. The summed E-state index contributed by atoms with van der Waals surface area (Å²) in [5.74, 6) is 1.77. The summed E-state index contributed by atoms with van der Waals surface area (Å²) < 4.78 is 5.11.